The fourth-order valence-corrected chi connectivity index (χ4v) is 4.10. The minimum absolute atomic E-state index is 0.00743. The third kappa shape index (κ3) is 7.73. The molecule has 27 heavy (non-hydrogen) atoms. The Morgan fingerprint density at radius 3 is 1.74 bits per heavy atom. The van der Waals surface area contributed by atoms with Crippen LogP contribution in [0.1, 0.15) is 72.1 Å². The summed E-state index contributed by atoms with van der Waals surface area (Å²) in [4.78, 5) is 12.3. The van der Waals surface area contributed by atoms with Crippen LogP contribution >= 0.6 is 7.60 Å². The fraction of sp³-hybridized carbons (Fsp3) is 0.591. The molecule has 0 bridgehead atoms. The predicted octanol–water partition coefficient (Wildman–Crippen LogP) is 6.13. The van der Waals surface area contributed by atoms with Gasteiger partial charge in [-0.1, -0.05) is 65.8 Å². The summed E-state index contributed by atoms with van der Waals surface area (Å²) in [6.07, 6.45) is 3.02. The largest absolute Gasteiger partial charge is 0.338 e. The first-order chi connectivity index (χ1) is 12.3. The van der Waals surface area contributed by atoms with E-state index in [1.54, 1.807) is 19.9 Å². The maximum absolute atomic E-state index is 12.5. The topological polar surface area (TPSA) is 52.6 Å². The Kier molecular flexibility index (Phi) is 8.22. The van der Waals surface area contributed by atoms with E-state index in [1.807, 2.05) is 0 Å². The molecule has 5 heteroatoms. The van der Waals surface area contributed by atoms with Gasteiger partial charge in [-0.2, -0.15) is 0 Å². The van der Waals surface area contributed by atoms with Crippen molar-refractivity contribution in [1.82, 2.24) is 0 Å². The van der Waals surface area contributed by atoms with Gasteiger partial charge in [0.1, 0.15) is 6.16 Å². The van der Waals surface area contributed by atoms with Crippen LogP contribution in [0.15, 0.2) is 24.3 Å². The molecule has 0 atom stereocenters. The maximum atomic E-state index is 12.5. The molecule has 4 nitrogen and oxygen atoms in total. The van der Waals surface area contributed by atoms with E-state index in [2.05, 4.69) is 59.7 Å². The lowest BCUT2D eigenvalue weighted by molar-refractivity contribution is -0.112. The monoisotopic (exact) mass is 394 g/mol. The van der Waals surface area contributed by atoms with E-state index in [0.717, 1.165) is 5.56 Å². The lowest BCUT2D eigenvalue weighted by atomic mass is 9.79. The SMILES string of the molecule is CCOP(=O)(CC(=O)C=Cc1cc(C(C)(C)C)cc(C(C)(C)C)c1)OCC. The number of carbonyl (C=O) groups excluding carboxylic acids is 1. The lowest BCUT2D eigenvalue weighted by Crippen LogP contribution is -2.16. The molecule has 0 heterocycles. The van der Waals surface area contributed by atoms with E-state index in [9.17, 15) is 9.36 Å². The maximum Gasteiger partial charge on any atom is 0.338 e. The van der Waals surface area contributed by atoms with E-state index in [1.165, 1.54) is 17.2 Å². The normalized spacial score (nSPS) is 13.3. The van der Waals surface area contributed by atoms with Crippen LogP contribution in [0.25, 0.3) is 6.08 Å². The molecule has 0 unspecified atom stereocenters. The van der Waals surface area contributed by atoms with Crippen LogP contribution in [0.4, 0.5) is 0 Å². The third-order valence-electron chi connectivity index (χ3n) is 4.15. The van der Waals surface area contributed by atoms with Crippen LogP contribution in [-0.2, 0) is 29.2 Å². The van der Waals surface area contributed by atoms with Crippen LogP contribution in [-0.4, -0.2) is 25.2 Å². The van der Waals surface area contributed by atoms with E-state index >= 15 is 0 Å². The van der Waals surface area contributed by atoms with Gasteiger partial charge in [0.05, 0.1) is 13.2 Å². The molecular weight excluding hydrogens is 359 g/mol. The zero-order valence-electron chi connectivity index (χ0n) is 18.1. The summed E-state index contributed by atoms with van der Waals surface area (Å²) in [7, 11) is -3.37. The molecule has 0 aliphatic rings. The summed E-state index contributed by atoms with van der Waals surface area (Å²) in [6, 6.07) is 6.44. The molecule has 0 aromatic heterocycles. The number of allylic oxidation sites excluding steroid dienone is 1. The highest BCUT2D eigenvalue weighted by Crippen LogP contribution is 2.47. The van der Waals surface area contributed by atoms with Crippen LogP contribution in [0.3, 0.4) is 0 Å². The molecule has 1 rings (SSSR count). The van der Waals surface area contributed by atoms with E-state index < -0.39 is 7.60 Å². The predicted molar refractivity (Wildman–Crippen MR) is 114 cm³/mol. The van der Waals surface area contributed by atoms with E-state index in [-0.39, 0.29) is 36.0 Å². The second-order valence-corrected chi connectivity index (χ2v) is 10.8. The zero-order valence-corrected chi connectivity index (χ0v) is 19.0. The molecule has 0 fully saturated rings. The highest BCUT2D eigenvalue weighted by molar-refractivity contribution is 7.54. The number of rotatable bonds is 8. The summed E-state index contributed by atoms with van der Waals surface area (Å²) in [5.41, 5.74) is 3.41. The quantitative estimate of drug-likeness (QED) is 0.393. The first kappa shape index (κ1) is 23.8. The van der Waals surface area contributed by atoms with Crippen molar-refractivity contribution in [2.45, 2.75) is 66.2 Å². The summed E-state index contributed by atoms with van der Waals surface area (Å²) < 4.78 is 22.9. The van der Waals surface area contributed by atoms with Crippen molar-refractivity contribution >= 4 is 19.5 Å². The zero-order chi connectivity index (χ0) is 20.9. The number of hydrogen-bond donors (Lipinski definition) is 0. The van der Waals surface area contributed by atoms with Crippen LogP contribution in [0, 0.1) is 0 Å². The van der Waals surface area contributed by atoms with Gasteiger partial charge in [0.15, 0.2) is 5.78 Å². The van der Waals surface area contributed by atoms with Crippen molar-refractivity contribution in [3.63, 3.8) is 0 Å². The third-order valence-corrected chi connectivity index (χ3v) is 6.15. The molecule has 0 aliphatic heterocycles. The Morgan fingerprint density at radius 1 is 0.926 bits per heavy atom. The van der Waals surface area contributed by atoms with Gasteiger partial charge >= 0.3 is 7.60 Å². The molecule has 0 N–H and O–H groups in total. The average Bonchev–Trinajstić information content (AvgIpc) is 2.51. The van der Waals surface area contributed by atoms with Gasteiger partial charge in [0, 0.05) is 0 Å². The Morgan fingerprint density at radius 2 is 1.37 bits per heavy atom. The first-order valence-corrected chi connectivity index (χ1v) is 11.3. The van der Waals surface area contributed by atoms with Gasteiger partial charge in [-0.3, -0.25) is 9.36 Å². The second kappa shape index (κ2) is 9.32. The van der Waals surface area contributed by atoms with E-state index in [0.29, 0.717) is 0 Å². The van der Waals surface area contributed by atoms with E-state index in [4.69, 9.17) is 9.05 Å². The number of carbonyl (C=O) groups is 1. The minimum atomic E-state index is -3.37. The van der Waals surface area contributed by atoms with Crippen LogP contribution in [0.2, 0.25) is 0 Å². The summed E-state index contributed by atoms with van der Waals surface area (Å²) in [5, 5.41) is 0. The highest BCUT2D eigenvalue weighted by atomic mass is 31.2. The highest BCUT2D eigenvalue weighted by Gasteiger charge is 2.26. The van der Waals surface area contributed by atoms with Gasteiger partial charge in [-0.15, -0.1) is 0 Å². The number of benzene rings is 1. The molecule has 1 aromatic carbocycles. The molecule has 1 aromatic rings. The summed E-state index contributed by atoms with van der Waals surface area (Å²) in [5.74, 6) is -0.265. The molecule has 0 amide bonds. The van der Waals surface area contributed by atoms with Crippen molar-refractivity contribution in [1.29, 1.82) is 0 Å². The average molecular weight is 394 g/mol. The van der Waals surface area contributed by atoms with Crippen LogP contribution in [0.5, 0.6) is 0 Å². The molecule has 152 valence electrons. The Bertz CT molecular complexity index is 679. The molecule has 0 saturated heterocycles. The molecule has 0 spiro atoms. The second-order valence-electron chi connectivity index (χ2n) is 8.75. The van der Waals surface area contributed by atoms with Gasteiger partial charge < -0.3 is 9.05 Å². The number of hydrogen-bond acceptors (Lipinski definition) is 4. The van der Waals surface area contributed by atoms with Crippen molar-refractivity contribution in [3.8, 4) is 0 Å². The number of ketones is 1. The van der Waals surface area contributed by atoms with Gasteiger partial charge in [-0.05, 0) is 47.4 Å². The van der Waals surface area contributed by atoms with Crippen molar-refractivity contribution < 1.29 is 18.4 Å². The Hall–Kier alpha value is -1.22. The summed E-state index contributed by atoms with van der Waals surface area (Å²) >= 11 is 0. The van der Waals surface area contributed by atoms with Gasteiger partial charge in [0.25, 0.3) is 0 Å². The first-order valence-electron chi connectivity index (χ1n) is 9.56. The van der Waals surface area contributed by atoms with Crippen molar-refractivity contribution in [2.75, 3.05) is 19.4 Å². The van der Waals surface area contributed by atoms with Crippen molar-refractivity contribution in [2.24, 2.45) is 0 Å². The van der Waals surface area contributed by atoms with Crippen LogP contribution < -0.4 is 0 Å². The lowest BCUT2D eigenvalue weighted by Gasteiger charge is -2.25. The fourth-order valence-electron chi connectivity index (χ4n) is 2.57. The minimum Gasteiger partial charge on any atom is -0.309 e. The molecule has 0 saturated carbocycles. The Labute approximate surface area is 164 Å². The van der Waals surface area contributed by atoms with Crippen molar-refractivity contribution in [3.05, 3.63) is 41.0 Å². The standard InChI is InChI=1S/C22H35O4P/c1-9-25-27(24,26-10-2)16-20(23)12-11-17-13-18(21(3,4)5)15-19(14-17)22(6,7)8/h11-15H,9-10,16H2,1-8H3. The van der Waals surface area contributed by atoms with Gasteiger partial charge in [0.2, 0.25) is 0 Å². The Balaban J connectivity index is 3.12. The molecular formula is C22H35O4P. The smallest absolute Gasteiger partial charge is 0.309 e. The molecule has 0 radical (unpaired) electrons. The molecule has 0 aliphatic carbocycles. The summed E-state index contributed by atoms with van der Waals surface area (Å²) in [6.45, 7) is 17.0. The van der Waals surface area contributed by atoms with Gasteiger partial charge in [-0.25, -0.2) is 0 Å².